The number of pyridine rings is 1. The van der Waals surface area contributed by atoms with E-state index in [9.17, 15) is 33.1 Å². The van der Waals surface area contributed by atoms with Crippen molar-refractivity contribution in [3.05, 3.63) is 30.1 Å². The maximum absolute atomic E-state index is 11.9. The smallest absolute Gasteiger partial charge is 0.343 e. The lowest BCUT2D eigenvalue weighted by molar-refractivity contribution is -0.710. The number of methoxy groups -OCH3 is 1. The number of nitrogens with zero attached hydrogens (tertiary/aromatic N) is 1. The van der Waals surface area contributed by atoms with Gasteiger partial charge in [0.05, 0.1) is 25.2 Å². The molecule has 1 fully saturated rings. The first-order valence-electron chi connectivity index (χ1n) is 7.23. The Morgan fingerprint density at radius 3 is 2.58 bits per heavy atom. The van der Waals surface area contributed by atoms with E-state index in [4.69, 9.17) is 0 Å². The highest BCUT2D eigenvalue weighted by atomic mass is 32.2. The van der Waals surface area contributed by atoms with Crippen molar-refractivity contribution in [2.24, 2.45) is 11.8 Å². The molecule has 9 nitrogen and oxygen atoms in total. The fraction of sp³-hybridized carbons (Fsp3) is 0.571. The van der Waals surface area contributed by atoms with Crippen LogP contribution in [-0.4, -0.2) is 60.2 Å². The molecule has 5 atom stereocenters. The van der Waals surface area contributed by atoms with Gasteiger partial charge in [-0.3, -0.25) is 4.55 Å². The van der Waals surface area contributed by atoms with Crippen LogP contribution in [0.2, 0.25) is 0 Å². The summed E-state index contributed by atoms with van der Waals surface area (Å²) in [6.07, 6.45) is -0.290. The quantitative estimate of drug-likeness (QED) is 0.281. The van der Waals surface area contributed by atoms with E-state index in [0.29, 0.717) is 0 Å². The molecule has 0 saturated heterocycles. The molecule has 1 aromatic heterocycles. The molecule has 0 radical (unpaired) electrons. The van der Waals surface area contributed by atoms with Crippen LogP contribution < -0.4 is 4.57 Å². The van der Waals surface area contributed by atoms with E-state index < -0.39 is 52.1 Å². The predicted molar refractivity (Wildman–Crippen MR) is 79.3 cm³/mol. The number of ether oxygens (including phenoxy) is 1. The molecule has 0 bridgehead atoms. The van der Waals surface area contributed by atoms with Crippen LogP contribution in [-0.2, 0) is 14.9 Å². The van der Waals surface area contributed by atoms with E-state index in [1.165, 1.54) is 31.6 Å². The number of aliphatic hydroxyl groups excluding tert-OH is 3. The number of aromatic nitrogens is 1. The van der Waals surface area contributed by atoms with E-state index in [1.807, 2.05) is 0 Å². The molecule has 0 aromatic carbocycles. The number of rotatable bonds is 5. The van der Waals surface area contributed by atoms with Crippen molar-refractivity contribution in [3.8, 4) is 0 Å². The Morgan fingerprint density at radius 2 is 2.08 bits per heavy atom. The summed E-state index contributed by atoms with van der Waals surface area (Å²) in [5, 5.41) is 27.6. The summed E-state index contributed by atoms with van der Waals surface area (Å²) >= 11 is 0. The van der Waals surface area contributed by atoms with Gasteiger partial charge in [0, 0.05) is 18.6 Å². The molecule has 10 heteroatoms. The average molecular weight is 362 g/mol. The van der Waals surface area contributed by atoms with Gasteiger partial charge in [0.15, 0.2) is 12.4 Å². The third-order valence-corrected chi connectivity index (χ3v) is 5.49. The molecule has 1 aromatic rings. The third-order valence-electron chi connectivity index (χ3n) is 4.29. The Kier molecular flexibility index (Phi) is 5.56. The van der Waals surface area contributed by atoms with Crippen LogP contribution in [0.25, 0.3) is 0 Å². The number of esters is 1. The summed E-state index contributed by atoms with van der Waals surface area (Å²) in [7, 11) is -3.51. The highest BCUT2D eigenvalue weighted by molar-refractivity contribution is 7.85. The van der Waals surface area contributed by atoms with Crippen molar-refractivity contribution < 1.29 is 42.4 Å². The molecule has 2 rings (SSSR count). The molecule has 1 saturated carbocycles. The van der Waals surface area contributed by atoms with Crippen molar-refractivity contribution >= 4 is 16.1 Å². The van der Waals surface area contributed by atoms with Crippen molar-refractivity contribution in [1.82, 2.24) is 0 Å². The molecule has 1 aliphatic rings. The van der Waals surface area contributed by atoms with Crippen molar-refractivity contribution in [1.29, 1.82) is 0 Å². The minimum Gasteiger partial charge on any atom is -0.465 e. The minimum absolute atomic E-state index is 0.0151. The van der Waals surface area contributed by atoms with Crippen LogP contribution in [0.5, 0.6) is 0 Å². The first kappa shape index (κ1) is 18.7. The zero-order valence-corrected chi connectivity index (χ0v) is 13.7. The zero-order chi connectivity index (χ0) is 18.1. The molecule has 1 aliphatic carbocycles. The van der Waals surface area contributed by atoms with Crippen LogP contribution >= 0.6 is 0 Å². The van der Waals surface area contributed by atoms with E-state index in [0.717, 1.165) is 4.57 Å². The van der Waals surface area contributed by atoms with Gasteiger partial charge >= 0.3 is 16.1 Å². The van der Waals surface area contributed by atoms with Gasteiger partial charge < -0.3 is 20.1 Å². The third kappa shape index (κ3) is 3.57. The average Bonchev–Trinajstić information content (AvgIpc) is 2.81. The van der Waals surface area contributed by atoms with Crippen molar-refractivity contribution in [2.45, 2.75) is 24.0 Å². The summed E-state index contributed by atoms with van der Waals surface area (Å²) in [4.78, 5) is 11.6. The Hall–Kier alpha value is -1.59. The highest BCUT2D eigenvalue weighted by Gasteiger charge is 2.53. The van der Waals surface area contributed by atoms with E-state index in [1.54, 1.807) is 0 Å². The Bertz CT molecular complexity index is 706. The zero-order valence-electron chi connectivity index (χ0n) is 12.9. The van der Waals surface area contributed by atoms with E-state index in [2.05, 4.69) is 4.74 Å². The first-order valence-corrected chi connectivity index (χ1v) is 8.73. The number of carbonyl (C=O) groups excluding carboxylic acids is 1. The lowest BCUT2D eigenvalue weighted by Gasteiger charge is -2.20. The Labute approximate surface area is 138 Å². The molecule has 0 aliphatic heterocycles. The molecule has 4 N–H and O–H groups in total. The highest BCUT2D eigenvalue weighted by Crippen LogP contribution is 2.38. The standard InChI is InChI=1S/C14H19NO8S/c1-23-14(19)8-3-2-4-15(6-8)13(24(20,21)22)10-5-9(7-16)11(17)12(10)18/h2-4,6,9-13,16-18H,5,7H2,1H3/p+1. The SMILES string of the molecule is COC(=O)c1ccc[n+](C(C2CC(CO)C(O)C2O)S(=O)(=O)O)c1. The van der Waals surface area contributed by atoms with Gasteiger partial charge in [0.25, 0.3) is 5.37 Å². The van der Waals surface area contributed by atoms with Gasteiger partial charge in [-0.2, -0.15) is 13.0 Å². The molecular formula is C14H20NO8S+. The largest absolute Gasteiger partial charge is 0.465 e. The first-order chi connectivity index (χ1) is 11.2. The summed E-state index contributed by atoms with van der Waals surface area (Å²) in [5.74, 6) is -2.47. The molecular weight excluding hydrogens is 342 g/mol. The number of aliphatic hydroxyl groups is 3. The second-order valence-electron chi connectivity index (χ2n) is 5.76. The van der Waals surface area contributed by atoms with Crippen LogP contribution in [0.1, 0.15) is 22.2 Å². The van der Waals surface area contributed by atoms with Gasteiger partial charge in [0.1, 0.15) is 5.56 Å². The van der Waals surface area contributed by atoms with Crippen molar-refractivity contribution in [3.63, 3.8) is 0 Å². The summed E-state index contributed by atoms with van der Waals surface area (Å²) in [6, 6.07) is 2.80. The lowest BCUT2D eigenvalue weighted by atomic mass is 10.0. The molecule has 0 spiro atoms. The van der Waals surface area contributed by atoms with Gasteiger partial charge in [0.2, 0.25) is 0 Å². The molecule has 0 amide bonds. The minimum atomic E-state index is -4.68. The van der Waals surface area contributed by atoms with Gasteiger partial charge in [-0.25, -0.2) is 4.79 Å². The van der Waals surface area contributed by atoms with Crippen LogP contribution in [0.3, 0.4) is 0 Å². The maximum Gasteiger partial charge on any atom is 0.343 e. The summed E-state index contributed by atoms with van der Waals surface area (Å²) in [6.45, 7) is -0.431. The second kappa shape index (κ2) is 7.11. The Morgan fingerprint density at radius 1 is 1.42 bits per heavy atom. The fourth-order valence-electron chi connectivity index (χ4n) is 3.11. The van der Waals surface area contributed by atoms with Gasteiger partial charge in [-0.05, 0) is 12.5 Å². The van der Waals surface area contributed by atoms with Crippen LogP contribution in [0, 0.1) is 11.8 Å². The number of hydrogen-bond donors (Lipinski definition) is 4. The summed E-state index contributed by atoms with van der Waals surface area (Å²) < 4.78 is 39.0. The number of hydrogen-bond acceptors (Lipinski definition) is 7. The Balaban J connectivity index is 2.46. The monoisotopic (exact) mass is 362 g/mol. The lowest BCUT2D eigenvalue weighted by Crippen LogP contribution is -2.50. The van der Waals surface area contributed by atoms with E-state index in [-0.39, 0.29) is 12.0 Å². The summed E-state index contributed by atoms with van der Waals surface area (Å²) in [5.41, 5.74) is 0.0559. The molecule has 1 heterocycles. The van der Waals surface area contributed by atoms with E-state index >= 15 is 0 Å². The molecule has 5 unspecified atom stereocenters. The van der Waals surface area contributed by atoms with Gasteiger partial charge in [-0.1, -0.05) is 0 Å². The fourth-order valence-corrected chi connectivity index (χ4v) is 4.27. The van der Waals surface area contributed by atoms with Crippen LogP contribution in [0.4, 0.5) is 0 Å². The normalized spacial score (nSPS) is 28.5. The second-order valence-corrected chi connectivity index (χ2v) is 7.27. The van der Waals surface area contributed by atoms with Crippen LogP contribution in [0.15, 0.2) is 24.5 Å². The van der Waals surface area contributed by atoms with Gasteiger partial charge in [-0.15, -0.1) is 0 Å². The topological polar surface area (TPSA) is 145 Å². The maximum atomic E-state index is 11.9. The molecule has 134 valence electrons. The number of carbonyl (C=O) groups is 1. The van der Waals surface area contributed by atoms with Crippen molar-refractivity contribution in [2.75, 3.05) is 13.7 Å². The molecule has 24 heavy (non-hydrogen) atoms. The predicted octanol–water partition coefficient (Wildman–Crippen LogP) is -1.50.